The zero-order valence-corrected chi connectivity index (χ0v) is 12.2. The molecule has 5 heteroatoms. The molecule has 0 unspecified atom stereocenters. The molecular weight excluding hydrogens is 268 g/mol. The van der Waals surface area contributed by atoms with E-state index in [0.29, 0.717) is 19.4 Å². The van der Waals surface area contributed by atoms with Gasteiger partial charge >= 0.3 is 0 Å². The second-order valence-corrected chi connectivity index (χ2v) is 4.92. The molecule has 0 aromatic carbocycles. The summed E-state index contributed by atoms with van der Waals surface area (Å²) in [6.45, 7) is 2.52. The van der Waals surface area contributed by atoms with Crippen LogP contribution in [0.3, 0.4) is 0 Å². The molecule has 112 valence electrons. The normalized spacial score (nSPS) is 10.7. The van der Waals surface area contributed by atoms with E-state index in [2.05, 4.69) is 0 Å². The quantitative estimate of drug-likeness (QED) is 0.595. The molecule has 0 radical (unpaired) electrons. The highest BCUT2D eigenvalue weighted by atomic mass is 16.5. The molecule has 0 saturated carbocycles. The van der Waals surface area contributed by atoms with E-state index >= 15 is 0 Å². The van der Waals surface area contributed by atoms with E-state index in [0.717, 1.165) is 35.1 Å². The highest BCUT2D eigenvalue weighted by Crippen LogP contribution is 2.28. The standard InChI is InChI=1S/C16H20N2O3/c1-2-12-11-18-7-5-6-14(21-9-4-3-8-19)16(18)13(12)10-15(17)20/h5-8,11H,2-4,9-10H2,1H3,(H2,17,20). The van der Waals surface area contributed by atoms with Crippen LogP contribution in [0.4, 0.5) is 0 Å². The summed E-state index contributed by atoms with van der Waals surface area (Å²) in [4.78, 5) is 21.7. The van der Waals surface area contributed by atoms with Gasteiger partial charge in [-0.3, -0.25) is 4.79 Å². The van der Waals surface area contributed by atoms with Crippen LogP contribution in [0.15, 0.2) is 24.5 Å². The average molecular weight is 288 g/mol. The van der Waals surface area contributed by atoms with E-state index < -0.39 is 0 Å². The smallest absolute Gasteiger partial charge is 0.221 e. The lowest BCUT2D eigenvalue weighted by atomic mass is 10.1. The summed E-state index contributed by atoms with van der Waals surface area (Å²) < 4.78 is 7.73. The van der Waals surface area contributed by atoms with Crippen molar-refractivity contribution < 1.29 is 14.3 Å². The van der Waals surface area contributed by atoms with E-state index in [1.54, 1.807) is 0 Å². The first-order valence-corrected chi connectivity index (χ1v) is 7.13. The topological polar surface area (TPSA) is 73.8 Å². The number of amides is 1. The van der Waals surface area contributed by atoms with E-state index in [9.17, 15) is 9.59 Å². The number of carbonyl (C=O) groups excluding carboxylic acids is 2. The predicted molar refractivity (Wildman–Crippen MR) is 80.5 cm³/mol. The van der Waals surface area contributed by atoms with Gasteiger partial charge in [0.2, 0.25) is 5.91 Å². The second-order valence-electron chi connectivity index (χ2n) is 4.92. The van der Waals surface area contributed by atoms with Gasteiger partial charge in [0, 0.05) is 18.8 Å². The van der Waals surface area contributed by atoms with Crippen molar-refractivity contribution in [1.29, 1.82) is 0 Å². The number of hydrogen-bond donors (Lipinski definition) is 1. The van der Waals surface area contributed by atoms with Gasteiger partial charge in [-0.25, -0.2) is 0 Å². The number of unbranched alkanes of at least 4 members (excludes halogenated alkanes) is 1. The summed E-state index contributed by atoms with van der Waals surface area (Å²) in [5, 5.41) is 0. The number of rotatable bonds is 8. The molecule has 0 aliphatic rings. The first-order chi connectivity index (χ1) is 10.2. The van der Waals surface area contributed by atoms with Crippen LogP contribution < -0.4 is 10.5 Å². The fourth-order valence-corrected chi connectivity index (χ4v) is 2.46. The predicted octanol–water partition coefficient (Wildman–Crippen LogP) is 1.89. The Labute approximate surface area is 123 Å². The Morgan fingerprint density at radius 1 is 1.48 bits per heavy atom. The lowest BCUT2D eigenvalue weighted by Gasteiger charge is -2.09. The number of ether oxygens (including phenoxy) is 1. The number of aldehydes is 1. The monoisotopic (exact) mass is 288 g/mol. The first-order valence-electron chi connectivity index (χ1n) is 7.13. The van der Waals surface area contributed by atoms with Crippen LogP contribution in [0.5, 0.6) is 5.75 Å². The SMILES string of the molecule is CCc1cn2cccc(OCCCC=O)c2c1CC(N)=O. The maximum Gasteiger partial charge on any atom is 0.221 e. The van der Waals surface area contributed by atoms with Crippen molar-refractivity contribution in [2.45, 2.75) is 32.6 Å². The largest absolute Gasteiger partial charge is 0.491 e. The Hall–Kier alpha value is -2.30. The van der Waals surface area contributed by atoms with E-state index in [4.69, 9.17) is 10.5 Å². The van der Waals surface area contributed by atoms with Crippen molar-refractivity contribution in [2.75, 3.05) is 6.61 Å². The molecule has 0 saturated heterocycles. The van der Waals surface area contributed by atoms with Crippen LogP contribution in [0.1, 0.15) is 30.9 Å². The van der Waals surface area contributed by atoms with Gasteiger partial charge in [-0.1, -0.05) is 6.92 Å². The number of carbonyl (C=O) groups is 2. The second kappa shape index (κ2) is 6.92. The van der Waals surface area contributed by atoms with Gasteiger partial charge in [0.05, 0.1) is 18.5 Å². The van der Waals surface area contributed by atoms with Gasteiger partial charge in [0.25, 0.3) is 0 Å². The summed E-state index contributed by atoms with van der Waals surface area (Å²) in [6.07, 6.45) is 7.01. The molecular formula is C16H20N2O3. The molecule has 1 amide bonds. The summed E-state index contributed by atoms with van der Waals surface area (Å²) in [7, 11) is 0. The Morgan fingerprint density at radius 2 is 2.29 bits per heavy atom. The van der Waals surface area contributed by atoms with E-state index in [1.165, 1.54) is 0 Å². The summed E-state index contributed by atoms with van der Waals surface area (Å²) in [5.41, 5.74) is 8.27. The number of aromatic nitrogens is 1. The summed E-state index contributed by atoms with van der Waals surface area (Å²) in [6, 6.07) is 3.77. The highest BCUT2D eigenvalue weighted by molar-refractivity contribution is 5.82. The average Bonchev–Trinajstić information content (AvgIpc) is 2.81. The van der Waals surface area contributed by atoms with E-state index in [-0.39, 0.29) is 12.3 Å². The van der Waals surface area contributed by atoms with Crippen LogP contribution in [0, 0.1) is 0 Å². The number of aryl methyl sites for hydroxylation is 1. The number of nitrogens with zero attached hydrogens (tertiary/aromatic N) is 1. The Bertz CT molecular complexity index is 646. The summed E-state index contributed by atoms with van der Waals surface area (Å²) in [5.74, 6) is 0.368. The molecule has 0 aliphatic carbocycles. The third-order valence-corrected chi connectivity index (χ3v) is 3.41. The van der Waals surface area contributed by atoms with Gasteiger partial charge in [0.1, 0.15) is 12.0 Å². The molecule has 2 rings (SSSR count). The fourth-order valence-electron chi connectivity index (χ4n) is 2.46. The minimum absolute atomic E-state index is 0.203. The number of pyridine rings is 1. The van der Waals surface area contributed by atoms with Gasteiger partial charge < -0.3 is 19.7 Å². The molecule has 2 heterocycles. The molecule has 2 aromatic rings. The minimum atomic E-state index is -0.353. The number of primary amides is 1. The van der Waals surface area contributed by atoms with Crippen LogP contribution in [0.25, 0.3) is 5.52 Å². The van der Waals surface area contributed by atoms with Gasteiger partial charge in [0.15, 0.2) is 0 Å². The minimum Gasteiger partial charge on any atom is -0.491 e. The third-order valence-electron chi connectivity index (χ3n) is 3.41. The van der Waals surface area contributed by atoms with Crippen molar-refractivity contribution in [2.24, 2.45) is 5.73 Å². The Balaban J connectivity index is 2.38. The van der Waals surface area contributed by atoms with Gasteiger partial charge in [-0.05, 0) is 36.1 Å². The molecule has 2 N–H and O–H groups in total. The maximum atomic E-state index is 11.3. The lowest BCUT2D eigenvalue weighted by Crippen LogP contribution is -2.14. The highest BCUT2D eigenvalue weighted by Gasteiger charge is 2.15. The number of fused-ring (bicyclic) bond motifs is 1. The molecule has 0 atom stereocenters. The van der Waals surface area contributed by atoms with Crippen LogP contribution >= 0.6 is 0 Å². The number of hydrogen-bond acceptors (Lipinski definition) is 3. The molecule has 0 aliphatic heterocycles. The number of nitrogens with two attached hydrogens (primary N) is 1. The van der Waals surface area contributed by atoms with Crippen molar-refractivity contribution >= 4 is 17.7 Å². The lowest BCUT2D eigenvalue weighted by molar-refractivity contribution is -0.117. The Morgan fingerprint density at radius 3 is 2.95 bits per heavy atom. The summed E-state index contributed by atoms with van der Waals surface area (Å²) >= 11 is 0. The van der Waals surface area contributed by atoms with Crippen LogP contribution in [-0.2, 0) is 22.4 Å². The maximum absolute atomic E-state index is 11.3. The zero-order valence-electron chi connectivity index (χ0n) is 12.2. The van der Waals surface area contributed by atoms with Crippen molar-refractivity contribution in [3.63, 3.8) is 0 Å². The van der Waals surface area contributed by atoms with Gasteiger partial charge in [-0.15, -0.1) is 0 Å². The van der Waals surface area contributed by atoms with Crippen LogP contribution in [-0.4, -0.2) is 23.2 Å². The van der Waals surface area contributed by atoms with E-state index in [1.807, 2.05) is 35.9 Å². The molecule has 0 spiro atoms. The van der Waals surface area contributed by atoms with Crippen molar-refractivity contribution in [3.8, 4) is 5.75 Å². The molecule has 2 aromatic heterocycles. The molecule has 0 fully saturated rings. The molecule has 0 bridgehead atoms. The van der Waals surface area contributed by atoms with Crippen molar-refractivity contribution in [3.05, 3.63) is 35.7 Å². The molecule has 21 heavy (non-hydrogen) atoms. The van der Waals surface area contributed by atoms with Crippen molar-refractivity contribution in [1.82, 2.24) is 4.40 Å². The molecule has 5 nitrogen and oxygen atoms in total. The Kier molecular flexibility index (Phi) is 4.98. The third kappa shape index (κ3) is 3.42. The zero-order chi connectivity index (χ0) is 15.2. The fraction of sp³-hybridized carbons (Fsp3) is 0.375. The van der Waals surface area contributed by atoms with Gasteiger partial charge in [-0.2, -0.15) is 0 Å². The van der Waals surface area contributed by atoms with Crippen LogP contribution in [0.2, 0.25) is 0 Å². The first kappa shape index (κ1) is 15.1.